The van der Waals surface area contributed by atoms with E-state index in [1.165, 1.54) is 6.92 Å². The Hall–Kier alpha value is -1.77. The number of aromatic nitrogens is 1. The topological polar surface area (TPSA) is 134 Å². The van der Waals surface area contributed by atoms with E-state index >= 15 is 0 Å². The van der Waals surface area contributed by atoms with Gasteiger partial charge in [-0.2, -0.15) is 0 Å². The minimum Gasteiger partial charge on any atom is -0.481 e. The Morgan fingerprint density at radius 2 is 2.16 bits per heavy atom. The van der Waals surface area contributed by atoms with Crippen LogP contribution in [-0.2, 0) is 4.79 Å². The normalized spacial score (nSPS) is 13.9. The third kappa shape index (κ3) is 3.60. The SMILES string of the molecule is Cc1nc(Cl)c([N+](=O)[O-])cc1C(O)C(O)CC(=O)O. The van der Waals surface area contributed by atoms with Gasteiger partial charge in [0.15, 0.2) is 0 Å². The molecule has 1 heterocycles. The molecule has 2 unspecified atom stereocenters. The molecule has 0 saturated carbocycles. The smallest absolute Gasteiger partial charge is 0.306 e. The highest BCUT2D eigenvalue weighted by atomic mass is 35.5. The zero-order valence-corrected chi connectivity index (χ0v) is 10.5. The van der Waals surface area contributed by atoms with Gasteiger partial charge in [0, 0.05) is 17.3 Å². The summed E-state index contributed by atoms with van der Waals surface area (Å²) in [7, 11) is 0. The number of aryl methyl sites for hydroxylation is 1. The third-order valence-corrected chi connectivity index (χ3v) is 2.73. The zero-order valence-electron chi connectivity index (χ0n) is 9.78. The highest BCUT2D eigenvalue weighted by Crippen LogP contribution is 2.29. The van der Waals surface area contributed by atoms with E-state index in [0.29, 0.717) is 0 Å². The summed E-state index contributed by atoms with van der Waals surface area (Å²) < 4.78 is 0. The first-order chi connectivity index (χ1) is 8.73. The molecular formula is C10H11ClN2O6. The minimum absolute atomic E-state index is 0.0372. The Morgan fingerprint density at radius 3 is 2.63 bits per heavy atom. The Morgan fingerprint density at radius 1 is 1.58 bits per heavy atom. The van der Waals surface area contributed by atoms with Gasteiger partial charge in [0.2, 0.25) is 5.15 Å². The fourth-order valence-corrected chi connectivity index (χ4v) is 1.76. The molecule has 0 aliphatic carbocycles. The Kier molecular flexibility index (Phi) is 4.76. The summed E-state index contributed by atoms with van der Waals surface area (Å²) in [4.78, 5) is 24.0. The number of carboxylic acid groups (broad SMARTS) is 1. The van der Waals surface area contributed by atoms with Crippen LogP contribution in [0.25, 0.3) is 0 Å². The molecule has 0 aliphatic rings. The summed E-state index contributed by atoms with van der Waals surface area (Å²) >= 11 is 5.57. The van der Waals surface area contributed by atoms with Gasteiger partial charge in [-0.1, -0.05) is 11.6 Å². The van der Waals surface area contributed by atoms with Gasteiger partial charge in [0.25, 0.3) is 0 Å². The van der Waals surface area contributed by atoms with Crippen LogP contribution in [0.2, 0.25) is 5.15 Å². The van der Waals surface area contributed by atoms with Crippen LogP contribution in [0, 0.1) is 17.0 Å². The second kappa shape index (κ2) is 5.91. The van der Waals surface area contributed by atoms with Crippen LogP contribution in [0.15, 0.2) is 6.07 Å². The van der Waals surface area contributed by atoms with Gasteiger partial charge >= 0.3 is 11.7 Å². The number of nitro groups is 1. The van der Waals surface area contributed by atoms with E-state index in [4.69, 9.17) is 16.7 Å². The first kappa shape index (κ1) is 15.3. The van der Waals surface area contributed by atoms with Crippen molar-refractivity contribution in [1.29, 1.82) is 0 Å². The molecule has 104 valence electrons. The minimum atomic E-state index is -1.60. The fraction of sp³-hybridized carbons (Fsp3) is 0.400. The molecule has 0 saturated heterocycles. The van der Waals surface area contributed by atoms with Gasteiger partial charge in [-0.05, 0) is 6.92 Å². The Bertz CT molecular complexity index is 521. The molecular weight excluding hydrogens is 280 g/mol. The van der Waals surface area contributed by atoms with Crippen LogP contribution in [0.3, 0.4) is 0 Å². The summed E-state index contributed by atoms with van der Waals surface area (Å²) in [6.45, 7) is 1.43. The van der Waals surface area contributed by atoms with Crippen molar-refractivity contribution in [2.45, 2.75) is 25.6 Å². The lowest BCUT2D eigenvalue weighted by Gasteiger charge is -2.17. The number of aliphatic carboxylic acids is 1. The lowest BCUT2D eigenvalue weighted by molar-refractivity contribution is -0.385. The monoisotopic (exact) mass is 290 g/mol. The Balaban J connectivity index is 3.15. The highest BCUT2D eigenvalue weighted by Gasteiger charge is 2.26. The van der Waals surface area contributed by atoms with E-state index < -0.39 is 35.2 Å². The predicted octanol–water partition coefficient (Wildman–Crippen LogP) is 0.821. The standard InChI is InChI=1S/C10H11ClN2O6/c1-4-5(9(17)7(14)3-8(15)16)2-6(13(18)19)10(11)12-4/h2,7,9,14,17H,3H2,1H3,(H,15,16). The van der Waals surface area contributed by atoms with Crippen LogP contribution in [-0.4, -0.2) is 37.3 Å². The number of hydrogen-bond donors (Lipinski definition) is 3. The van der Waals surface area contributed by atoms with Gasteiger partial charge in [-0.25, -0.2) is 4.98 Å². The summed E-state index contributed by atoms with van der Waals surface area (Å²) in [5.74, 6) is -1.30. The molecule has 9 heteroatoms. The molecule has 0 spiro atoms. The van der Waals surface area contributed by atoms with E-state index in [2.05, 4.69) is 4.98 Å². The third-order valence-electron chi connectivity index (χ3n) is 2.45. The predicted molar refractivity (Wildman–Crippen MR) is 63.9 cm³/mol. The number of carboxylic acids is 1. The maximum Gasteiger partial charge on any atom is 0.306 e. The molecule has 8 nitrogen and oxygen atoms in total. The number of aliphatic hydroxyl groups is 2. The molecule has 19 heavy (non-hydrogen) atoms. The number of rotatable bonds is 5. The van der Waals surface area contributed by atoms with E-state index in [-0.39, 0.29) is 16.4 Å². The molecule has 0 radical (unpaired) electrons. The van der Waals surface area contributed by atoms with Crippen LogP contribution >= 0.6 is 11.6 Å². The first-order valence-corrected chi connectivity index (χ1v) is 5.51. The van der Waals surface area contributed by atoms with Crippen LogP contribution in [0.5, 0.6) is 0 Å². The van der Waals surface area contributed by atoms with Crippen molar-refractivity contribution in [2.75, 3.05) is 0 Å². The van der Waals surface area contributed by atoms with Crippen molar-refractivity contribution in [2.24, 2.45) is 0 Å². The molecule has 2 atom stereocenters. The second-order valence-corrected chi connectivity index (χ2v) is 4.20. The molecule has 1 rings (SSSR count). The van der Waals surface area contributed by atoms with Crippen molar-refractivity contribution in [3.05, 3.63) is 32.6 Å². The van der Waals surface area contributed by atoms with Crippen molar-refractivity contribution < 1.29 is 25.0 Å². The van der Waals surface area contributed by atoms with Crippen LogP contribution in [0.4, 0.5) is 5.69 Å². The number of nitrogens with zero attached hydrogens (tertiary/aromatic N) is 2. The van der Waals surface area contributed by atoms with Crippen molar-refractivity contribution >= 4 is 23.3 Å². The van der Waals surface area contributed by atoms with Crippen LogP contribution in [0.1, 0.15) is 23.8 Å². The van der Waals surface area contributed by atoms with Gasteiger partial charge in [0.1, 0.15) is 6.10 Å². The number of hydrogen-bond acceptors (Lipinski definition) is 6. The maximum absolute atomic E-state index is 10.7. The summed E-state index contributed by atoms with van der Waals surface area (Å²) in [5, 5.41) is 38.2. The first-order valence-electron chi connectivity index (χ1n) is 5.13. The lowest BCUT2D eigenvalue weighted by atomic mass is 10.0. The molecule has 0 fully saturated rings. The maximum atomic E-state index is 10.7. The lowest BCUT2D eigenvalue weighted by Crippen LogP contribution is -2.22. The molecule has 1 aromatic heterocycles. The van der Waals surface area contributed by atoms with Crippen molar-refractivity contribution in [3.8, 4) is 0 Å². The number of pyridine rings is 1. The van der Waals surface area contributed by atoms with E-state index in [1.54, 1.807) is 0 Å². The summed E-state index contributed by atoms with van der Waals surface area (Å²) in [6.07, 6.45) is -3.89. The van der Waals surface area contributed by atoms with Gasteiger partial charge < -0.3 is 15.3 Å². The molecule has 0 amide bonds. The number of aliphatic hydroxyl groups excluding tert-OH is 2. The molecule has 0 bridgehead atoms. The average Bonchev–Trinajstić information content (AvgIpc) is 2.26. The van der Waals surface area contributed by atoms with E-state index in [0.717, 1.165) is 6.07 Å². The fourth-order valence-electron chi connectivity index (χ4n) is 1.51. The Labute approximate surface area is 112 Å². The molecule has 1 aromatic rings. The number of carbonyl (C=O) groups is 1. The van der Waals surface area contributed by atoms with Crippen molar-refractivity contribution in [3.63, 3.8) is 0 Å². The van der Waals surface area contributed by atoms with Gasteiger partial charge in [-0.15, -0.1) is 0 Å². The van der Waals surface area contributed by atoms with Gasteiger partial charge in [-0.3, -0.25) is 14.9 Å². The van der Waals surface area contributed by atoms with E-state index in [9.17, 15) is 25.1 Å². The highest BCUT2D eigenvalue weighted by molar-refractivity contribution is 6.31. The number of halogens is 1. The van der Waals surface area contributed by atoms with Gasteiger partial charge in [0.05, 0.1) is 17.4 Å². The molecule has 0 aliphatic heterocycles. The molecule has 3 N–H and O–H groups in total. The second-order valence-electron chi connectivity index (χ2n) is 3.84. The molecule has 0 aromatic carbocycles. The zero-order chi connectivity index (χ0) is 14.7. The average molecular weight is 291 g/mol. The van der Waals surface area contributed by atoms with Crippen molar-refractivity contribution in [1.82, 2.24) is 4.98 Å². The summed E-state index contributed by atoms with van der Waals surface area (Å²) in [6, 6.07) is 0.973. The van der Waals surface area contributed by atoms with Crippen LogP contribution < -0.4 is 0 Å². The summed E-state index contributed by atoms with van der Waals surface area (Å²) in [5.41, 5.74) is -0.388. The quantitative estimate of drug-likeness (QED) is 0.415. The largest absolute Gasteiger partial charge is 0.481 e. The van der Waals surface area contributed by atoms with E-state index in [1.807, 2.05) is 0 Å².